The smallest absolute Gasteiger partial charge is 0.0658 e. The summed E-state index contributed by atoms with van der Waals surface area (Å²) >= 11 is 0. The predicted octanol–water partition coefficient (Wildman–Crippen LogP) is 11.9. The van der Waals surface area contributed by atoms with E-state index in [4.69, 9.17) is 0 Å². The number of aryl methyl sites for hydroxylation is 2. The zero-order chi connectivity index (χ0) is 26.9. The Kier molecular flexibility index (Phi) is 27.8. The standard InChI is InChI=1S/C12H17N.C9H12.C6H14.C4H10.C2H6/c1-5-11(4)13-12-7-6-9(2)8-10(12)3;1-8(2)9-6-4-3-5-7-9;1-4-5-6(2)3;1-3-4-2;1-2/h6-8H,5H2,1-4H3;3-8H,1-2H3;6H,4-5H2,1-3H3;3-4H2,1-2H3;1-2H3. The molecule has 0 aliphatic heterocycles. The summed E-state index contributed by atoms with van der Waals surface area (Å²) < 4.78 is 0. The molecular weight excluding hydrogens is 410 g/mol. The first-order valence-corrected chi connectivity index (χ1v) is 13.8. The van der Waals surface area contributed by atoms with Crippen LogP contribution < -0.4 is 0 Å². The second-order valence-corrected chi connectivity index (χ2v) is 9.24. The molecule has 0 radical (unpaired) electrons. The van der Waals surface area contributed by atoms with Crippen molar-refractivity contribution in [2.24, 2.45) is 10.9 Å². The molecule has 0 N–H and O–H groups in total. The lowest BCUT2D eigenvalue weighted by molar-refractivity contribution is 0.576. The lowest BCUT2D eigenvalue weighted by Crippen LogP contribution is -1.86. The molecule has 34 heavy (non-hydrogen) atoms. The molecule has 0 unspecified atom stereocenters. The van der Waals surface area contributed by atoms with Crippen molar-refractivity contribution in [3.05, 3.63) is 65.2 Å². The third-order valence-electron chi connectivity index (χ3n) is 5.01. The molecule has 2 aromatic carbocycles. The van der Waals surface area contributed by atoms with Gasteiger partial charge in [-0.3, -0.25) is 4.99 Å². The van der Waals surface area contributed by atoms with Crippen molar-refractivity contribution < 1.29 is 0 Å². The minimum absolute atomic E-state index is 0.659. The first kappa shape index (κ1) is 36.7. The van der Waals surface area contributed by atoms with Gasteiger partial charge in [0.1, 0.15) is 0 Å². The van der Waals surface area contributed by atoms with Crippen molar-refractivity contribution in [2.75, 3.05) is 0 Å². The Morgan fingerprint density at radius 2 is 1.29 bits per heavy atom. The molecule has 0 spiro atoms. The van der Waals surface area contributed by atoms with E-state index in [9.17, 15) is 0 Å². The highest BCUT2D eigenvalue weighted by molar-refractivity contribution is 5.84. The molecule has 0 amide bonds. The number of nitrogens with zero attached hydrogens (tertiary/aromatic N) is 1. The number of rotatable bonds is 6. The van der Waals surface area contributed by atoms with Gasteiger partial charge in [-0.1, -0.05) is 143 Å². The van der Waals surface area contributed by atoms with Crippen molar-refractivity contribution in [1.82, 2.24) is 0 Å². The van der Waals surface area contributed by atoms with Crippen molar-refractivity contribution >= 4 is 11.4 Å². The van der Waals surface area contributed by atoms with Crippen molar-refractivity contribution in [1.29, 1.82) is 0 Å². The average Bonchev–Trinajstić information content (AvgIpc) is 2.83. The number of unbranched alkanes of at least 4 members (excludes halogenated alkanes) is 1. The van der Waals surface area contributed by atoms with Gasteiger partial charge >= 0.3 is 0 Å². The van der Waals surface area contributed by atoms with Gasteiger partial charge in [-0.25, -0.2) is 0 Å². The minimum atomic E-state index is 0.659. The van der Waals surface area contributed by atoms with Crippen LogP contribution in [-0.4, -0.2) is 5.71 Å². The van der Waals surface area contributed by atoms with E-state index in [2.05, 4.69) is 124 Å². The Morgan fingerprint density at radius 1 is 0.765 bits per heavy atom. The lowest BCUT2D eigenvalue weighted by Gasteiger charge is -2.02. The largest absolute Gasteiger partial charge is 0.258 e. The van der Waals surface area contributed by atoms with Gasteiger partial charge in [0.15, 0.2) is 0 Å². The predicted molar refractivity (Wildman–Crippen MR) is 161 cm³/mol. The summed E-state index contributed by atoms with van der Waals surface area (Å²) in [7, 11) is 0. The van der Waals surface area contributed by atoms with Crippen molar-refractivity contribution in [3.8, 4) is 0 Å². The van der Waals surface area contributed by atoms with E-state index in [1.54, 1.807) is 0 Å². The van der Waals surface area contributed by atoms with Gasteiger partial charge in [-0.15, -0.1) is 0 Å². The topological polar surface area (TPSA) is 12.4 Å². The van der Waals surface area contributed by atoms with Crippen LogP contribution in [0.3, 0.4) is 0 Å². The van der Waals surface area contributed by atoms with Crippen LogP contribution in [0.15, 0.2) is 53.5 Å². The zero-order valence-electron chi connectivity index (χ0n) is 25.3. The van der Waals surface area contributed by atoms with E-state index in [1.165, 1.54) is 48.1 Å². The molecule has 0 aliphatic carbocycles. The molecular formula is C33H59N. The van der Waals surface area contributed by atoms with Gasteiger partial charge in [0, 0.05) is 5.71 Å². The Bertz CT molecular complexity index is 694. The molecule has 2 aromatic rings. The maximum absolute atomic E-state index is 4.53. The monoisotopic (exact) mass is 469 g/mol. The molecule has 0 heterocycles. The Balaban J connectivity index is -0.000000400. The summed E-state index contributed by atoms with van der Waals surface area (Å²) in [6, 6.07) is 16.9. The summed E-state index contributed by atoms with van der Waals surface area (Å²) in [5, 5.41) is 0. The molecule has 0 aliphatic rings. The maximum atomic E-state index is 4.53. The van der Waals surface area contributed by atoms with Crippen LogP contribution in [0.1, 0.15) is 131 Å². The Labute approximate surface area is 215 Å². The molecule has 196 valence electrons. The summed E-state index contributed by atoms with van der Waals surface area (Å²) in [5.74, 6) is 1.56. The molecule has 0 saturated carbocycles. The molecule has 0 atom stereocenters. The third-order valence-corrected chi connectivity index (χ3v) is 5.01. The number of aliphatic imine (C=N–C) groups is 1. The lowest BCUT2D eigenvalue weighted by atomic mass is 10.0. The van der Waals surface area contributed by atoms with Crippen molar-refractivity contribution in [3.63, 3.8) is 0 Å². The van der Waals surface area contributed by atoms with Crippen LogP contribution in [0.25, 0.3) is 0 Å². The third kappa shape index (κ3) is 23.3. The van der Waals surface area contributed by atoms with Crippen LogP contribution >= 0.6 is 0 Å². The quantitative estimate of drug-likeness (QED) is 0.373. The van der Waals surface area contributed by atoms with Gasteiger partial charge in [0.2, 0.25) is 0 Å². The van der Waals surface area contributed by atoms with E-state index in [0.29, 0.717) is 5.92 Å². The van der Waals surface area contributed by atoms with Gasteiger partial charge in [0.25, 0.3) is 0 Å². The SMILES string of the molecule is CC.CC(C)c1ccccc1.CCC(C)=Nc1ccc(C)cc1C.CCCC.CCCC(C)C. The molecule has 1 heteroatoms. The fourth-order valence-corrected chi connectivity index (χ4v) is 2.63. The molecule has 0 aromatic heterocycles. The van der Waals surface area contributed by atoms with Gasteiger partial charge < -0.3 is 0 Å². The summed E-state index contributed by atoms with van der Waals surface area (Å²) in [5.41, 5.74) is 6.26. The number of hydrogen-bond acceptors (Lipinski definition) is 1. The fraction of sp³-hybridized carbons (Fsp3) is 0.606. The Hall–Kier alpha value is -1.89. The summed E-state index contributed by atoms with van der Waals surface area (Å²) in [6.07, 6.45) is 6.37. The van der Waals surface area contributed by atoms with E-state index < -0.39 is 0 Å². The first-order chi connectivity index (χ1) is 16.1. The normalized spacial score (nSPS) is 10.0. The maximum Gasteiger partial charge on any atom is 0.0658 e. The average molecular weight is 470 g/mol. The molecule has 1 nitrogen and oxygen atoms in total. The zero-order valence-corrected chi connectivity index (χ0v) is 25.3. The van der Waals surface area contributed by atoms with Crippen LogP contribution in [-0.2, 0) is 0 Å². The molecule has 2 rings (SSSR count). The first-order valence-electron chi connectivity index (χ1n) is 13.8. The van der Waals surface area contributed by atoms with Crippen LogP contribution in [0, 0.1) is 19.8 Å². The van der Waals surface area contributed by atoms with E-state index in [-0.39, 0.29) is 0 Å². The molecule has 0 saturated heterocycles. The van der Waals surface area contributed by atoms with Crippen LogP contribution in [0.5, 0.6) is 0 Å². The molecule has 0 bridgehead atoms. The Morgan fingerprint density at radius 3 is 1.59 bits per heavy atom. The highest BCUT2D eigenvalue weighted by Crippen LogP contribution is 2.19. The fourth-order valence-electron chi connectivity index (χ4n) is 2.63. The number of benzene rings is 2. The highest BCUT2D eigenvalue weighted by atomic mass is 14.7. The van der Waals surface area contributed by atoms with E-state index in [1.807, 2.05) is 19.9 Å². The summed E-state index contributed by atoms with van der Waals surface area (Å²) in [6.45, 7) is 27.9. The highest BCUT2D eigenvalue weighted by Gasteiger charge is 1.96. The van der Waals surface area contributed by atoms with Crippen LogP contribution in [0.4, 0.5) is 5.69 Å². The minimum Gasteiger partial charge on any atom is -0.258 e. The number of hydrogen-bond donors (Lipinski definition) is 0. The van der Waals surface area contributed by atoms with Gasteiger partial charge in [-0.05, 0) is 56.2 Å². The van der Waals surface area contributed by atoms with E-state index in [0.717, 1.165) is 18.0 Å². The van der Waals surface area contributed by atoms with Gasteiger partial charge in [0.05, 0.1) is 5.69 Å². The molecule has 0 fully saturated rings. The van der Waals surface area contributed by atoms with Crippen molar-refractivity contribution in [2.45, 2.75) is 128 Å². The van der Waals surface area contributed by atoms with Crippen LogP contribution in [0.2, 0.25) is 0 Å². The van der Waals surface area contributed by atoms with E-state index >= 15 is 0 Å². The van der Waals surface area contributed by atoms with Gasteiger partial charge in [-0.2, -0.15) is 0 Å². The second-order valence-electron chi connectivity index (χ2n) is 9.24. The summed E-state index contributed by atoms with van der Waals surface area (Å²) in [4.78, 5) is 4.53. The second kappa shape index (κ2) is 25.7.